The predicted octanol–water partition coefficient (Wildman–Crippen LogP) is 0.0182. The van der Waals surface area contributed by atoms with E-state index < -0.39 is 54.2 Å². The number of benzene rings is 2. The van der Waals surface area contributed by atoms with E-state index >= 15 is 0 Å². The summed E-state index contributed by atoms with van der Waals surface area (Å²) in [5, 5.41) is 41.6. The topological polar surface area (TPSA) is 200 Å². The lowest BCUT2D eigenvalue weighted by molar-refractivity contribution is -0.142. The molecule has 0 aliphatic carbocycles. The Morgan fingerprint density at radius 3 is 2.50 bits per heavy atom. The number of aliphatic hydroxyl groups is 1. The maximum atomic E-state index is 14.0. The van der Waals surface area contributed by atoms with Gasteiger partial charge >= 0.3 is 5.97 Å². The number of nitrogens with one attached hydrogen (secondary N) is 4. The van der Waals surface area contributed by atoms with Crippen LogP contribution in [-0.2, 0) is 45.0 Å². The molecule has 1 unspecified atom stereocenters. The molecule has 50 heavy (non-hydrogen) atoms. The van der Waals surface area contributed by atoms with E-state index in [-0.39, 0.29) is 25.2 Å². The lowest BCUT2D eigenvalue weighted by Crippen LogP contribution is -2.60. The molecule has 15 heteroatoms. The predicted molar refractivity (Wildman–Crippen MR) is 182 cm³/mol. The number of aliphatic carboxylic acids is 1. The van der Waals surface area contributed by atoms with Gasteiger partial charge in [-0.15, -0.1) is 5.10 Å². The van der Waals surface area contributed by atoms with Crippen molar-refractivity contribution >= 4 is 23.7 Å². The van der Waals surface area contributed by atoms with Gasteiger partial charge in [0.1, 0.15) is 24.1 Å². The number of amides is 3. The summed E-state index contributed by atoms with van der Waals surface area (Å²) in [6, 6.07) is 11.6. The smallest absolute Gasteiger partial charge is 0.326 e. The summed E-state index contributed by atoms with van der Waals surface area (Å²) in [5.41, 5.74) is 2.00. The third-order valence-electron chi connectivity index (χ3n) is 9.16. The van der Waals surface area contributed by atoms with Crippen LogP contribution in [0.15, 0.2) is 60.8 Å². The number of nitrogens with zero attached hydrogens (tertiary/aromatic N) is 4. The molecule has 4 bridgehead atoms. The molecule has 4 heterocycles. The van der Waals surface area contributed by atoms with Crippen molar-refractivity contribution in [2.75, 3.05) is 20.2 Å². The van der Waals surface area contributed by atoms with Crippen LogP contribution in [0.3, 0.4) is 0 Å². The lowest BCUT2D eigenvalue weighted by atomic mass is 10.0. The number of aryl methyl sites for hydroxylation is 1. The number of hydrogen-bond acceptors (Lipinski definition) is 10. The van der Waals surface area contributed by atoms with Gasteiger partial charge in [-0.25, -0.2) is 4.79 Å². The maximum Gasteiger partial charge on any atom is 0.326 e. The molecule has 3 aromatic rings. The van der Waals surface area contributed by atoms with E-state index in [2.05, 4.69) is 31.6 Å². The van der Waals surface area contributed by atoms with Crippen molar-refractivity contribution in [2.24, 2.45) is 0 Å². The van der Waals surface area contributed by atoms with Gasteiger partial charge in [-0.2, -0.15) is 0 Å². The number of likely N-dealkylation sites (N-methyl/N-ethyl adjacent to an activating group) is 1. The van der Waals surface area contributed by atoms with Crippen molar-refractivity contribution < 1.29 is 34.1 Å². The number of hydrogen-bond donors (Lipinski definition) is 6. The molecule has 3 aliphatic heterocycles. The summed E-state index contributed by atoms with van der Waals surface area (Å²) < 4.78 is 7.55. The molecule has 6 rings (SSSR count). The first kappa shape index (κ1) is 36.4. The molecule has 268 valence electrons. The van der Waals surface area contributed by atoms with E-state index in [9.17, 15) is 29.4 Å². The molecule has 0 saturated carbocycles. The van der Waals surface area contributed by atoms with Crippen LogP contribution in [0.25, 0.3) is 0 Å². The molecule has 1 aromatic heterocycles. The van der Waals surface area contributed by atoms with E-state index in [1.54, 1.807) is 54.0 Å². The number of ether oxygens (including phenoxy) is 1. The van der Waals surface area contributed by atoms with E-state index in [1.807, 2.05) is 30.3 Å². The summed E-state index contributed by atoms with van der Waals surface area (Å²) in [4.78, 5) is 54.7. The normalized spacial score (nSPS) is 24.7. The second-order valence-electron chi connectivity index (χ2n) is 12.8. The zero-order valence-electron chi connectivity index (χ0n) is 28.3. The maximum absolute atomic E-state index is 14.0. The zero-order chi connectivity index (χ0) is 35.6. The van der Waals surface area contributed by atoms with Crippen molar-refractivity contribution in [3.8, 4) is 5.75 Å². The van der Waals surface area contributed by atoms with Gasteiger partial charge in [0, 0.05) is 45.0 Å². The molecule has 1 fully saturated rings. The Bertz CT molecular complexity index is 1600. The van der Waals surface area contributed by atoms with Crippen molar-refractivity contribution in [1.82, 2.24) is 41.2 Å². The summed E-state index contributed by atoms with van der Waals surface area (Å²) in [5.74, 6) is -2.07. The van der Waals surface area contributed by atoms with Gasteiger partial charge in [0.2, 0.25) is 17.7 Å². The van der Waals surface area contributed by atoms with Crippen LogP contribution in [0.4, 0.5) is 0 Å². The summed E-state index contributed by atoms with van der Waals surface area (Å²) >= 11 is 0. The lowest BCUT2D eigenvalue weighted by Gasteiger charge is -2.35. The van der Waals surface area contributed by atoms with Crippen LogP contribution in [0, 0.1) is 0 Å². The number of carbonyl (C=O) groups is 4. The van der Waals surface area contributed by atoms with Crippen molar-refractivity contribution in [3.63, 3.8) is 0 Å². The Morgan fingerprint density at radius 1 is 1.02 bits per heavy atom. The van der Waals surface area contributed by atoms with Crippen molar-refractivity contribution in [2.45, 2.75) is 88.4 Å². The van der Waals surface area contributed by atoms with Crippen LogP contribution in [-0.4, -0.2) is 110 Å². The minimum atomic E-state index is -1.27. The summed E-state index contributed by atoms with van der Waals surface area (Å²) in [6.45, 7) is 2.97. The average Bonchev–Trinajstić information content (AvgIpc) is 3.79. The van der Waals surface area contributed by atoms with Gasteiger partial charge < -0.3 is 36.2 Å². The Labute approximate surface area is 290 Å². The van der Waals surface area contributed by atoms with E-state index in [0.29, 0.717) is 56.0 Å². The fraction of sp³-hybridized carbons (Fsp3) is 0.486. The largest absolute Gasteiger partial charge is 0.494 e. The minimum Gasteiger partial charge on any atom is -0.494 e. The molecule has 6 atom stereocenters. The fourth-order valence-corrected chi connectivity index (χ4v) is 6.23. The molecule has 3 amide bonds. The summed E-state index contributed by atoms with van der Waals surface area (Å²) in [6.07, 6.45) is 2.38. The molecule has 3 aliphatic rings. The Balaban J connectivity index is 1.45. The molecule has 2 aromatic carbocycles. The SMILES string of the molecule is CN[C@H](C)C(=O)N[C@H]1Cc2cn(nn2)CCCOc2ccc(cc2)C[C@H](C(=O)O)NC(=O)[C@H](Cc2ccccc2)NC(=O)[C@@H]2CCCN2C1O. The van der Waals surface area contributed by atoms with Gasteiger partial charge in [0.05, 0.1) is 30.4 Å². The fourth-order valence-electron chi connectivity index (χ4n) is 6.23. The first-order valence-electron chi connectivity index (χ1n) is 17.0. The van der Waals surface area contributed by atoms with Gasteiger partial charge in [-0.05, 0) is 50.1 Å². The second-order valence-corrected chi connectivity index (χ2v) is 12.8. The van der Waals surface area contributed by atoms with Gasteiger partial charge in [-0.3, -0.25) is 24.0 Å². The van der Waals surface area contributed by atoms with E-state index in [4.69, 9.17) is 4.74 Å². The van der Waals surface area contributed by atoms with Gasteiger partial charge in [-0.1, -0.05) is 47.7 Å². The number of rotatable bonds is 6. The monoisotopic (exact) mass is 690 g/mol. The standard InChI is InChI=1S/C35H46N8O7/c1-22(36-2)31(44)38-28-20-25-21-42(41-40-25)15-7-17-50-26-13-11-24(12-14-26)19-29(35(48)49)39-32(45)27(18-23-8-4-3-5-9-23)37-33(46)30-10-6-16-43(30)34(28)47/h3-5,8-9,11-14,21-22,27-30,34,36,47H,6-7,10,15-20H2,1-2H3,(H,37,46)(H,38,44)(H,39,45)(H,48,49)/t22-,27+,28+,29-,30+,34?/m1/s1. The van der Waals surface area contributed by atoms with Crippen LogP contribution in [0.1, 0.15) is 43.0 Å². The Morgan fingerprint density at radius 2 is 1.78 bits per heavy atom. The third kappa shape index (κ3) is 9.64. The van der Waals surface area contributed by atoms with Crippen LogP contribution in [0.5, 0.6) is 5.75 Å². The number of carboxylic acid groups (broad SMARTS) is 1. The molecule has 0 spiro atoms. The summed E-state index contributed by atoms with van der Waals surface area (Å²) in [7, 11) is 1.66. The number of aliphatic hydroxyl groups excluding tert-OH is 1. The number of fused-ring (bicyclic) bond motifs is 13. The second kappa shape index (κ2) is 17.2. The average molecular weight is 691 g/mol. The number of aromatic nitrogens is 3. The Kier molecular flexibility index (Phi) is 12.5. The molecular weight excluding hydrogens is 644 g/mol. The highest BCUT2D eigenvalue weighted by Gasteiger charge is 2.40. The van der Waals surface area contributed by atoms with Crippen LogP contribution < -0.4 is 26.0 Å². The first-order chi connectivity index (χ1) is 24.1. The molecule has 0 radical (unpaired) electrons. The van der Waals surface area contributed by atoms with Crippen molar-refractivity contribution in [1.29, 1.82) is 0 Å². The molecular formula is C35H46N8O7. The number of carboxylic acids is 1. The number of carbonyl (C=O) groups excluding carboxylic acids is 3. The minimum absolute atomic E-state index is 0.0177. The first-order valence-corrected chi connectivity index (χ1v) is 17.0. The van der Waals surface area contributed by atoms with Crippen LogP contribution in [0.2, 0.25) is 0 Å². The van der Waals surface area contributed by atoms with Gasteiger partial charge in [0.25, 0.3) is 0 Å². The van der Waals surface area contributed by atoms with E-state index in [0.717, 1.165) is 5.56 Å². The highest BCUT2D eigenvalue weighted by atomic mass is 16.5. The highest BCUT2D eigenvalue weighted by molar-refractivity contribution is 5.92. The molecule has 6 N–H and O–H groups in total. The van der Waals surface area contributed by atoms with E-state index in [1.165, 1.54) is 0 Å². The van der Waals surface area contributed by atoms with Crippen LogP contribution >= 0.6 is 0 Å². The third-order valence-corrected chi connectivity index (χ3v) is 9.16. The molecule has 15 nitrogen and oxygen atoms in total. The highest BCUT2D eigenvalue weighted by Crippen LogP contribution is 2.23. The zero-order valence-corrected chi connectivity index (χ0v) is 28.3. The van der Waals surface area contributed by atoms with Gasteiger partial charge in [0.15, 0.2) is 0 Å². The molecule has 1 saturated heterocycles. The Hall–Kier alpha value is -4.86. The van der Waals surface area contributed by atoms with Crippen molar-refractivity contribution in [3.05, 3.63) is 77.6 Å². The quantitative estimate of drug-likeness (QED) is 0.204.